The van der Waals surface area contributed by atoms with Crippen molar-refractivity contribution in [2.45, 2.75) is 13.0 Å². The van der Waals surface area contributed by atoms with E-state index in [9.17, 15) is 9.59 Å². The second-order valence-electron chi connectivity index (χ2n) is 4.33. The molecule has 0 saturated heterocycles. The van der Waals surface area contributed by atoms with Crippen molar-refractivity contribution >= 4 is 17.6 Å². The molecule has 0 bridgehead atoms. The lowest BCUT2D eigenvalue weighted by Crippen LogP contribution is -2.43. The smallest absolute Gasteiger partial charge is 0.339 e. The zero-order valence-corrected chi connectivity index (χ0v) is 12.1. The van der Waals surface area contributed by atoms with Gasteiger partial charge in [0.15, 0.2) is 0 Å². The highest BCUT2D eigenvalue weighted by Crippen LogP contribution is 2.21. The van der Waals surface area contributed by atoms with Crippen molar-refractivity contribution in [3.63, 3.8) is 0 Å². The molecular weight excluding hydrogens is 256 g/mol. The van der Waals surface area contributed by atoms with Crippen molar-refractivity contribution in [3.05, 3.63) is 42.5 Å². The maximum Gasteiger partial charge on any atom is 0.339 e. The van der Waals surface area contributed by atoms with Gasteiger partial charge in [0.05, 0.1) is 18.4 Å². The summed E-state index contributed by atoms with van der Waals surface area (Å²) < 4.78 is 4.75. The number of ether oxygens (including phenoxy) is 1. The Labute approximate surface area is 119 Å². The molecule has 0 aliphatic rings. The Morgan fingerprint density at radius 1 is 1.45 bits per heavy atom. The van der Waals surface area contributed by atoms with Crippen molar-refractivity contribution in [2.24, 2.45) is 0 Å². The summed E-state index contributed by atoms with van der Waals surface area (Å²) in [6.45, 7) is 5.74. The van der Waals surface area contributed by atoms with Crippen molar-refractivity contribution < 1.29 is 14.3 Å². The standard InChI is InChI=1S/C15H20N2O3/c1-5-10-16-14(18)11(2)17(3)13-9-7-6-8-12(13)15(19)20-4/h5-9,11H,1,10H2,2-4H3,(H,16,18). The largest absolute Gasteiger partial charge is 0.465 e. The third-order valence-electron chi connectivity index (χ3n) is 3.07. The van der Waals surface area contributed by atoms with Crippen LogP contribution in [0.25, 0.3) is 0 Å². The molecule has 0 spiro atoms. The Morgan fingerprint density at radius 2 is 2.10 bits per heavy atom. The molecule has 0 fully saturated rings. The number of carbonyl (C=O) groups is 2. The number of benzene rings is 1. The molecule has 1 aromatic rings. The van der Waals surface area contributed by atoms with Crippen LogP contribution in [0.15, 0.2) is 36.9 Å². The molecule has 5 nitrogen and oxygen atoms in total. The number of methoxy groups -OCH3 is 1. The Kier molecular flexibility index (Phi) is 5.77. The first-order chi connectivity index (χ1) is 9.52. The van der Waals surface area contributed by atoms with E-state index in [2.05, 4.69) is 11.9 Å². The normalized spacial score (nSPS) is 11.3. The lowest BCUT2D eigenvalue weighted by Gasteiger charge is -2.27. The molecule has 0 radical (unpaired) electrons. The molecule has 0 aliphatic heterocycles. The predicted molar refractivity (Wildman–Crippen MR) is 78.9 cm³/mol. The number of para-hydroxylation sites is 1. The lowest BCUT2D eigenvalue weighted by atomic mass is 10.1. The molecule has 0 aliphatic carbocycles. The van der Waals surface area contributed by atoms with Gasteiger partial charge < -0.3 is 15.0 Å². The van der Waals surface area contributed by atoms with Gasteiger partial charge in [0.1, 0.15) is 6.04 Å². The van der Waals surface area contributed by atoms with Gasteiger partial charge >= 0.3 is 5.97 Å². The maximum atomic E-state index is 12.0. The lowest BCUT2D eigenvalue weighted by molar-refractivity contribution is -0.121. The summed E-state index contributed by atoms with van der Waals surface area (Å²) in [4.78, 5) is 25.4. The number of amides is 1. The minimum absolute atomic E-state index is 0.132. The van der Waals surface area contributed by atoms with E-state index in [1.54, 1.807) is 43.1 Å². The zero-order chi connectivity index (χ0) is 15.1. The number of nitrogens with zero attached hydrogens (tertiary/aromatic N) is 1. The summed E-state index contributed by atoms with van der Waals surface area (Å²) in [5.74, 6) is -0.557. The number of hydrogen-bond acceptors (Lipinski definition) is 4. The monoisotopic (exact) mass is 276 g/mol. The summed E-state index contributed by atoms with van der Waals surface area (Å²) in [6, 6.07) is 6.61. The highest BCUT2D eigenvalue weighted by atomic mass is 16.5. The van der Waals surface area contributed by atoms with E-state index in [1.807, 2.05) is 6.07 Å². The highest BCUT2D eigenvalue weighted by molar-refractivity contribution is 5.97. The minimum Gasteiger partial charge on any atom is -0.465 e. The molecule has 20 heavy (non-hydrogen) atoms. The fraction of sp³-hybridized carbons (Fsp3) is 0.333. The van der Waals surface area contributed by atoms with Crippen LogP contribution >= 0.6 is 0 Å². The van der Waals surface area contributed by atoms with Gasteiger partial charge in [-0.1, -0.05) is 18.2 Å². The first kappa shape index (κ1) is 15.8. The first-order valence-electron chi connectivity index (χ1n) is 6.31. The van der Waals surface area contributed by atoms with Gasteiger partial charge in [-0.25, -0.2) is 4.79 Å². The van der Waals surface area contributed by atoms with Gasteiger partial charge in [-0.05, 0) is 19.1 Å². The molecule has 0 heterocycles. The van der Waals surface area contributed by atoms with E-state index in [4.69, 9.17) is 4.74 Å². The number of rotatable bonds is 6. The Morgan fingerprint density at radius 3 is 2.70 bits per heavy atom. The average molecular weight is 276 g/mol. The van der Waals surface area contributed by atoms with Crippen LogP contribution in [-0.4, -0.2) is 38.6 Å². The van der Waals surface area contributed by atoms with E-state index in [0.29, 0.717) is 17.8 Å². The van der Waals surface area contributed by atoms with Crippen LogP contribution in [0.3, 0.4) is 0 Å². The van der Waals surface area contributed by atoms with Gasteiger partial charge in [0.2, 0.25) is 5.91 Å². The van der Waals surface area contributed by atoms with Crippen LogP contribution in [0.2, 0.25) is 0 Å². The maximum absolute atomic E-state index is 12.0. The second-order valence-corrected chi connectivity index (χ2v) is 4.33. The Hall–Kier alpha value is -2.30. The molecule has 1 atom stereocenters. The summed E-state index contributed by atoms with van der Waals surface area (Å²) in [5, 5.41) is 2.73. The molecule has 1 rings (SSSR count). The SMILES string of the molecule is C=CCNC(=O)C(C)N(C)c1ccccc1C(=O)OC. The van der Waals surface area contributed by atoms with Gasteiger partial charge in [-0.15, -0.1) is 6.58 Å². The zero-order valence-electron chi connectivity index (χ0n) is 12.1. The third-order valence-corrected chi connectivity index (χ3v) is 3.07. The number of hydrogen-bond donors (Lipinski definition) is 1. The van der Waals surface area contributed by atoms with Gasteiger partial charge in [-0.3, -0.25) is 4.79 Å². The first-order valence-corrected chi connectivity index (χ1v) is 6.31. The fourth-order valence-electron chi connectivity index (χ4n) is 1.77. The number of anilines is 1. The van der Waals surface area contributed by atoms with E-state index in [1.165, 1.54) is 7.11 Å². The molecule has 1 unspecified atom stereocenters. The number of likely N-dealkylation sites (N-methyl/N-ethyl adjacent to an activating group) is 1. The second kappa shape index (κ2) is 7.33. The summed E-state index contributed by atoms with van der Waals surface area (Å²) in [6.07, 6.45) is 1.62. The van der Waals surface area contributed by atoms with E-state index >= 15 is 0 Å². The van der Waals surface area contributed by atoms with Crippen molar-refractivity contribution in [1.82, 2.24) is 5.32 Å². The number of nitrogens with one attached hydrogen (secondary N) is 1. The van der Waals surface area contributed by atoms with Crippen LogP contribution in [-0.2, 0) is 9.53 Å². The van der Waals surface area contributed by atoms with Crippen molar-refractivity contribution in [2.75, 3.05) is 25.6 Å². The highest BCUT2D eigenvalue weighted by Gasteiger charge is 2.22. The number of esters is 1. The molecule has 1 N–H and O–H groups in total. The molecule has 1 aromatic carbocycles. The van der Waals surface area contributed by atoms with Gasteiger partial charge in [0, 0.05) is 13.6 Å². The van der Waals surface area contributed by atoms with Crippen molar-refractivity contribution in [3.8, 4) is 0 Å². The van der Waals surface area contributed by atoms with Crippen LogP contribution in [0.5, 0.6) is 0 Å². The van der Waals surface area contributed by atoms with Crippen molar-refractivity contribution in [1.29, 1.82) is 0 Å². The fourth-order valence-corrected chi connectivity index (χ4v) is 1.77. The van der Waals surface area contributed by atoms with E-state index in [-0.39, 0.29) is 5.91 Å². The quantitative estimate of drug-likeness (QED) is 0.633. The molecule has 0 aromatic heterocycles. The van der Waals surface area contributed by atoms with Crippen LogP contribution < -0.4 is 10.2 Å². The van der Waals surface area contributed by atoms with Crippen LogP contribution in [0.1, 0.15) is 17.3 Å². The summed E-state index contributed by atoms with van der Waals surface area (Å²) in [7, 11) is 3.10. The average Bonchev–Trinajstić information content (AvgIpc) is 2.50. The molecule has 5 heteroatoms. The summed E-state index contributed by atoms with van der Waals surface area (Å²) in [5.41, 5.74) is 1.08. The van der Waals surface area contributed by atoms with Crippen LogP contribution in [0, 0.1) is 0 Å². The summed E-state index contributed by atoms with van der Waals surface area (Å²) >= 11 is 0. The molecule has 1 amide bonds. The molecule has 0 saturated carbocycles. The molecule has 108 valence electrons. The minimum atomic E-state index is -0.425. The molecular formula is C15H20N2O3. The Balaban J connectivity index is 2.96. The Bertz CT molecular complexity index is 500. The number of carbonyl (C=O) groups excluding carboxylic acids is 2. The van der Waals surface area contributed by atoms with Gasteiger partial charge in [-0.2, -0.15) is 0 Å². The van der Waals surface area contributed by atoms with E-state index in [0.717, 1.165) is 0 Å². The topological polar surface area (TPSA) is 58.6 Å². The van der Waals surface area contributed by atoms with E-state index < -0.39 is 12.0 Å². The van der Waals surface area contributed by atoms with Crippen LogP contribution in [0.4, 0.5) is 5.69 Å². The predicted octanol–water partition coefficient (Wildman–Crippen LogP) is 1.60. The van der Waals surface area contributed by atoms with Gasteiger partial charge in [0.25, 0.3) is 0 Å². The third kappa shape index (κ3) is 3.60.